The van der Waals surface area contributed by atoms with Gasteiger partial charge in [-0.15, -0.1) is 0 Å². The molecule has 0 saturated carbocycles. The average Bonchev–Trinajstić information content (AvgIpc) is 2.32. The van der Waals surface area contributed by atoms with Crippen molar-refractivity contribution in [2.75, 3.05) is 0 Å². The maximum absolute atomic E-state index is 13.3. The van der Waals surface area contributed by atoms with Gasteiger partial charge in [0.2, 0.25) is 0 Å². The first-order valence-electron chi connectivity index (χ1n) is 5.31. The summed E-state index contributed by atoms with van der Waals surface area (Å²) >= 11 is 1.58. The Morgan fingerprint density at radius 2 is 1.71 bits per heavy atom. The number of benzene rings is 2. The summed E-state index contributed by atoms with van der Waals surface area (Å²) in [5.74, 6) is 0.878. The number of rotatable bonds is 4. The van der Waals surface area contributed by atoms with Gasteiger partial charge in [-0.2, -0.15) is 11.8 Å². The van der Waals surface area contributed by atoms with Crippen LogP contribution in [0.15, 0.2) is 48.5 Å². The molecule has 0 amide bonds. The molecule has 0 N–H and O–H groups in total. The van der Waals surface area contributed by atoms with E-state index in [1.807, 2.05) is 12.1 Å². The normalized spacial score (nSPS) is 10.5. The second kappa shape index (κ2) is 5.82. The van der Waals surface area contributed by atoms with Crippen LogP contribution in [-0.2, 0) is 11.5 Å². The number of thioether (sulfide) groups is 1. The lowest BCUT2D eigenvalue weighted by Gasteiger charge is -2.03. The molecule has 3 heteroatoms. The summed E-state index contributed by atoms with van der Waals surface area (Å²) in [5.41, 5.74) is 1.61. The van der Waals surface area contributed by atoms with Crippen molar-refractivity contribution in [2.45, 2.75) is 11.5 Å². The largest absolute Gasteiger partial charge is 0.207 e. The van der Waals surface area contributed by atoms with Gasteiger partial charge in [0.25, 0.3) is 0 Å². The van der Waals surface area contributed by atoms with Gasteiger partial charge in [0, 0.05) is 11.5 Å². The van der Waals surface area contributed by atoms with Gasteiger partial charge in [-0.05, 0) is 29.3 Å². The van der Waals surface area contributed by atoms with Crippen LogP contribution in [0.1, 0.15) is 11.1 Å². The summed E-state index contributed by atoms with van der Waals surface area (Å²) in [6.07, 6.45) is 0. The maximum Gasteiger partial charge on any atom is 0.127 e. The Morgan fingerprint density at radius 3 is 2.47 bits per heavy atom. The molecule has 0 aliphatic heterocycles. The highest BCUT2D eigenvalue weighted by Crippen LogP contribution is 2.19. The topological polar surface area (TPSA) is 0 Å². The molecule has 88 valence electrons. The van der Waals surface area contributed by atoms with Crippen LogP contribution in [0.4, 0.5) is 8.78 Å². The number of halogens is 2. The van der Waals surface area contributed by atoms with E-state index in [-0.39, 0.29) is 11.6 Å². The fourth-order valence-corrected chi connectivity index (χ4v) is 2.49. The molecule has 0 aliphatic rings. The minimum Gasteiger partial charge on any atom is -0.207 e. The van der Waals surface area contributed by atoms with E-state index in [9.17, 15) is 8.78 Å². The zero-order valence-corrected chi connectivity index (χ0v) is 10.0. The molecule has 0 unspecified atom stereocenters. The zero-order valence-electron chi connectivity index (χ0n) is 9.20. The van der Waals surface area contributed by atoms with Crippen molar-refractivity contribution < 1.29 is 8.78 Å². The lowest BCUT2D eigenvalue weighted by molar-refractivity contribution is 0.617. The molecular weight excluding hydrogens is 238 g/mol. The Labute approximate surface area is 104 Å². The van der Waals surface area contributed by atoms with Crippen molar-refractivity contribution in [3.63, 3.8) is 0 Å². The van der Waals surface area contributed by atoms with Crippen LogP contribution < -0.4 is 0 Å². The highest BCUT2D eigenvalue weighted by atomic mass is 32.2. The molecule has 0 spiro atoms. The monoisotopic (exact) mass is 250 g/mol. The summed E-state index contributed by atoms with van der Waals surface area (Å²) in [4.78, 5) is 0. The first kappa shape index (κ1) is 12.1. The smallest absolute Gasteiger partial charge is 0.127 e. The summed E-state index contributed by atoms with van der Waals surface area (Å²) in [7, 11) is 0. The van der Waals surface area contributed by atoms with Crippen molar-refractivity contribution >= 4 is 11.8 Å². The van der Waals surface area contributed by atoms with Crippen LogP contribution in [0.3, 0.4) is 0 Å². The lowest BCUT2D eigenvalue weighted by Crippen LogP contribution is -1.88. The minimum atomic E-state index is -0.228. The molecule has 0 saturated heterocycles. The Hall–Kier alpha value is -1.35. The molecule has 0 aliphatic carbocycles. The van der Waals surface area contributed by atoms with Crippen molar-refractivity contribution in [2.24, 2.45) is 0 Å². The van der Waals surface area contributed by atoms with Gasteiger partial charge >= 0.3 is 0 Å². The van der Waals surface area contributed by atoms with E-state index < -0.39 is 0 Å². The van der Waals surface area contributed by atoms with E-state index in [0.29, 0.717) is 17.1 Å². The second-order valence-corrected chi connectivity index (χ2v) is 4.70. The van der Waals surface area contributed by atoms with Crippen molar-refractivity contribution in [1.29, 1.82) is 0 Å². The molecule has 0 radical (unpaired) electrons. The van der Waals surface area contributed by atoms with Gasteiger partial charge in [0.15, 0.2) is 0 Å². The summed E-state index contributed by atoms with van der Waals surface area (Å²) < 4.78 is 26.2. The van der Waals surface area contributed by atoms with Crippen LogP contribution in [0.25, 0.3) is 0 Å². The van der Waals surface area contributed by atoms with E-state index in [1.54, 1.807) is 30.0 Å². The summed E-state index contributed by atoms with van der Waals surface area (Å²) in [6.45, 7) is 0. The van der Waals surface area contributed by atoms with Gasteiger partial charge in [-0.1, -0.05) is 30.3 Å². The van der Waals surface area contributed by atoms with Crippen LogP contribution in [0.5, 0.6) is 0 Å². The quantitative estimate of drug-likeness (QED) is 0.775. The SMILES string of the molecule is Fc1cccc(CSCc2ccccc2F)c1. The Kier molecular flexibility index (Phi) is 4.15. The van der Waals surface area contributed by atoms with Gasteiger partial charge in [0.1, 0.15) is 11.6 Å². The van der Waals surface area contributed by atoms with E-state index in [2.05, 4.69) is 0 Å². The average molecular weight is 250 g/mol. The predicted octanol–water partition coefficient (Wildman–Crippen LogP) is 4.40. The predicted molar refractivity (Wildman–Crippen MR) is 67.8 cm³/mol. The van der Waals surface area contributed by atoms with Gasteiger partial charge in [0.05, 0.1) is 0 Å². The fourth-order valence-electron chi connectivity index (χ4n) is 1.52. The molecule has 0 nitrogen and oxygen atoms in total. The Bertz CT molecular complexity index is 497. The van der Waals surface area contributed by atoms with Crippen LogP contribution >= 0.6 is 11.8 Å². The van der Waals surface area contributed by atoms with E-state index in [4.69, 9.17) is 0 Å². The van der Waals surface area contributed by atoms with Crippen molar-refractivity contribution in [3.8, 4) is 0 Å². The van der Waals surface area contributed by atoms with Crippen LogP contribution in [0, 0.1) is 11.6 Å². The minimum absolute atomic E-state index is 0.181. The summed E-state index contributed by atoms with van der Waals surface area (Å²) in [6, 6.07) is 13.2. The molecular formula is C14H12F2S. The van der Waals surface area contributed by atoms with Gasteiger partial charge < -0.3 is 0 Å². The number of hydrogen-bond acceptors (Lipinski definition) is 1. The van der Waals surface area contributed by atoms with E-state index in [0.717, 1.165) is 5.56 Å². The molecule has 2 aromatic rings. The van der Waals surface area contributed by atoms with Gasteiger partial charge in [-0.25, -0.2) is 8.78 Å². The Morgan fingerprint density at radius 1 is 0.882 bits per heavy atom. The zero-order chi connectivity index (χ0) is 12.1. The van der Waals surface area contributed by atoms with Crippen LogP contribution in [-0.4, -0.2) is 0 Å². The van der Waals surface area contributed by atoms with E-state index in [1.165, 1.54) is 18.2 Å². The first-order chi connectivity index (χ1) is 8.25. The Balaban J connectivity index is 1.90. The van der Waals surface area contributed by atoms with E-state index >= 15 is 0 Å². The molecule has 0 atom stereocenters. The molecule has 2 rings (SSSR count). The molecule has 0 bridgehead atoms. The maximum atomic E-state index is 13.3. The third-order valence-electron chi connectivity index (χ3n) is 2.37. The number of hydrogen-bond donors (Lipinski definition) is 0. The van der Waals surface area contributed by atoms with Crippen molar-refractivity contribution in [1.82, 2.24) is 0 Å². The second-order valence-electron chi connectivity index (χ2n) is 3.71. The van der Waals surface area contributed by atoms with Crippen molar-refractivity contribution in [3.05, 3.63) is 71.3 Å². The standard InChI is InChI=1S/C14H12F2S/c15-13-6-3-4-11(8-13)9-17-10-12-5-1-2-7-14(12)16/h1-8H,9-10H2. The lowest BCUT2D eigenvalue weighted by atomic mass is 10.2. The third-order valence-corrected chi connectivity index (χ3v) is 3.43. The molecule has 2 aromatic carbocycles. The highest BCUT2D eigenvalue weighted by molar-refractivity contribution is 7.97. The first-order valence-corrected chi connectivity index (χ1v) is 6.47. The fraction of sp³-hybridized carbons (Fsp3) is 0.143. The summed E-state index contributed by atoms with van der Waals surface area (Å²) in [5, 5.41) is 0. The van der Waals surface area contributed by atoms with Crippen LogP contribution in [0.2, 0.25) is 0 Å². The highest BCUT2D eigenvalue weighted by Gasteiger charge is 2.01. The van der Waals surface area contributed by atoms with Gasteiger partial charge in [-0.3, -0.25) is 0 Å². The molecule has 17 heavy (non-hydrogen) atoms. The molecule has 0 aromatic heterocycles. The molecule has 0 heterocycles. The molecule has 0 fully saturated rings. The third kappa shape index (κ3) is 3.56.